The summed E-state index contributed by atoms with van der Waals surface area (Å²) >= 11 is 0. The van der Waals surface area contributed by atoms with Crippen LogP contribution in [0.25, 0.3) is 10.9 Å². The van der Waals surface area contributed by atoms with Crippen LogP contribution in [0.2, 0.25) is 0 Å². The van der Waals surface area contributed by atoms with Crippen LogP contribution in [-0.4, -0.2) is 27.4 Å². The molecule has 2 aromatic heterocycles. The molecule has 3 aromatic rings. The number of fused-ring (bicyclic) bond motifs is 1. The molecule has 0 aliphatic carbocycles. The van der Waals surface area contributed by atoms with E-state index in [1.54, 1.807) is 25.0 Å². The van der Waals surface area contributed by atoms with Gasteiger partial charge in [0.05, 0.1) is 18.8 Å². The molecule has 7 nitrogen and oxygen atoms in total. The predicted molar refractivity (Wildman–Crippen MR) is 99.3 cm³/mol. The van der Waals surface area contributed by atoms with Crippen LogP contribution in [0.15, 0.2) is 41.3 Å². The van der Waals surface area contributed by atoms with Crippen molar-refractivity contribution < 1.29 is 9.53 Å². The molecule has 0 fully saturated rings. The lowest BCUT2D eigenvalue weighted by atomic mass is 10.1. The van der Waals surface area contributed by atoms with Crippen molar-refractivity contribution in [2.45, 2.75) is 26.4 Å². The summed E-state index contributed by atoms with van der Waals surface area (Å²) in [6, 6.07) is 9.15. The summed E-state index contributed by atoms with van der Waals surface area (Å²) in [5, 5.41) is 7.99. The number of methoxy groups -OCH3 is 1. The summed E-state index contributed by atoms with van der Waals surface area (Å²) in [6.07, 6.45) is 1.64. The lowest BCUT2D eigenvalue weighted by Crippen LogP contribution is -2.34. The second-order valence-corrected chi connectivity index (χ2v) is 6.28. The number of hydrogen-bond donors (Lipinski definition) is 1. The SMILES string of the molecule is COc1ccc([C@H](C)NC(=O)Cn2ccc3c(C)nn(C)c3c2=O)cc1. The van der Waals surface area contributed by atoms with Gasteiger partial charge in [-0.2, -0.15) is 5.10 Å². The fourth-order valence-electron chi connectivity index (χ4n) is 3.04. The number of hydrogen-bond acceptors (Lipinski definition) is 4. The molecule has 7 heteroatoms. The molecule has 136 valence electrons. The maximum atomic E-state index is 12.6. The van der Waals surface area contributed by atoms with Gasteiger partial charge in [0.1, 0.15) is 17.8 Å². The van der Waals surface area contributed by atoms with Crippen LogP contribution in [0.3, 0.4) is 0 Å². The van der Waals surface area contributed by atoms with E-state index in [0.717, 1.165) is 22.4 Å². The summed E-state index contributed by atoms with van der Waals surface area (Å²) in [4.78, 5) is 25.0. The summed E-state index contributed by atoms with van der Waals surface area (Å²) in [7, 11) is 3.34. The van der Waals surface area contributed by atoms with Gasteiger partial charge in [-0.3, -0.25) is 14.3 Å². The number of nitrogens with one attached hydrogen (secondary N) is 1. The Kier molecular flexibility index (Phi) is 4.79. The maximum Gasteiger partial charge on any atom is 0.277 e. The lowest BCUT2D eigenvalue weighted by molar-refractivity contribution is -0.122. The van der Waals surface area contributed by atoms with Gasteiger partial charge in [-0.15, -0.1) is 0 Å². The van der Waals surface area contributed by atoms with Crippen LogP contribution in [0.4, 0.5) is 0 Å². The summed E-state index contributed by atoms with van der Waals surface area (Å²) in [5.74, 6) is 0.535. The van der Waals surface area contributed by atoms with E-state index in [-0.39, 0.29) is 24.1 Å². The number of aromatic nitrogens is 3. The van der Waals surface area contributed by atoms with E-state index >= 15 is 0 Å². The van der Waals surface area contributed by atoms with E-state index in [2.05, 4.69) is 10.4 Å². The van der Waals surface area contributed by atoms with Crippen LogP contribution in [0.1, 0.15) is 24.2 Å². The fourth-order valence-corrected chi connectivity index (χ4v) is 3.04. The molecule has 0 saturated heterocycles. The first-order valence-electron chi connectivity index (χ1n) is 8.36. The van der Waals surface area contributed by atoms with E-state index in [0.29, 0.717) is 5.52 Å². The number of nitrogens with zero attached hydrogens (tertiary/aromatic N) is 3. The normalized spacial score (nSPS) is 12.2. The molecule has 0 aliphatic heterocycles. The minimum Gasteiger partial charge on any atom is -0.497 e. The van der Waals surface area contributed by atoms with Crippen LogP contribution in [-0.2, 0) is 18.4 Å². The topological polar surface area (TPSA) is 78.2 Å². The minimum absolute atomic E-state index is 0.0422. The van der Waals surface area contributed by atoms with E-state index < -0.39 is 0 Å². The molecule has 0 aliphatic rings. The molecule has 0 saturated carbocycles. The number of pyridine rings is 1. The van der Waals surface area contributed by atoms with Gasteiger partial charge >= 0.3 is 0 Å². The molecule has 3 rings (SSSR count). The Labute approximate surface area is 151 Å². The molecule has 0 bridgehead atoms. The first-order valence-corrected chi connectivity index (χ1v) is 8.36. The average Bonchev–Trinajstić information content (AvgIpc) is 2.91. The third-order valence-electron chi connectivity index (χ3n) is 4.46. The Morgan fingerprint density at radius 3 is 2.62 bits per heavy atom. The van der Waals surface area contributed by atoms with Gasteiger partial charge in [0.15, 0.2) is 0 Å². The zero-order valence-electron chi connectivity index (χ0n) is 15.3. The number of rotatable bonds is 5. The number of benzene rings is 1. The van der Waals surface area contributed by atoms with E-state index in [1.807, 2.05) is 44.2 Å². The highest BCUT2D eigenvalue weighted by atomic mass is 16.5. The molecule has 0 spiro atoms. The van der Waals surface area contributed by atoms with Crippen molar-refractivity contribution in [1.29, 1.82) is 0 Å². The van der Waals surface area contributed by atoms with E-state index in [9.17, 15) is 9.59 Å². The van der Waals surface area contributed by atoms with Crippen LogP contribution in [0, 0.1) is 6.92 Å². The van der Waals surface area contributed by atoms with Gasteiger partial charge < -0.3 is 14.6 Å². The Morgan fingerprint density at radius 1 is 1.27 bits per heavy atom. The summed E-state index contributed by atoms with van der Waals surface area (Å²) < 4.78 is 8.10. The second kappa shape index (κ2) is 7.03. The lowest BCUT2D eigenvalue weighted by Gasteiger charge is -2.15. The van der Waals surface area contributed by atoms with E-state index in [4.69, 9.17) is 4.74 Å². The molecule has 0 radical (unpaired) electrons. The quantitative estimate of drug-likeness (QED) is 0.759. The molecule has 1 atom stereocenters. The molecular weight excluding hydrogens is 332 g/mol. The molecule has 1 aromatic carbocycles. The highest BCUT2D eigenvalue weighted by Crippen LogP contribution is 2.17. The van der Waals surface area contributed by atoms with Gasteiger partial charge in [-0.05, 0) is 37.6 Å². The van der Waals surface area contributed by atoms with Crippen molar-refractivity contribution in [3.63, 3.8) is 0 Å². The van der Waals surface area contributed by atoms with Gasteiger partial charge in [0.2, 0.25) is 5.91 Å². The number of ether oxygens (including phenoxy) is 1. The molecule has 2 heterocycles. The summed E-state index contributed by atoms with van der Waals surface area (Å²) in [5.41, 5.74) is 2.03. The predicted octanol–water partition coefficient (Wildman–Crippen LogP) is 1.93. The minimum atomic E-state index is -0.228. The zero-order valence-corrected chi connectivity index (χ0v) is 15.3. The van der Waals surface area contributed by atoms with Crippen molar-refractivity contribution in [3.8, 4) is 5.75 Å². The number of carbonyl (C=O) groups is 1. The Balaban J connectivity index is 1.75. The largest absolute Gasteiger partial charge is 0.497 e. The fraction of sp³-hybridized carbons (Fsp3) is 0.316. The van der Waals surface area contributed by atoms with Gasteiger partial charge in [0, 0.05) is 18.6 Å². The van der Waals surface area contributed by atoms with Gasteiger partial charge in [-0.1, -0.05) is 12.1 Å². The third kappa shape index (κ3) is 3.33. The Bertz CT molecular complexity index is 1000. The van der Waals surface area contributed by atoms with Crippen LogP contribution in [0.5, 0.6) is 5.75 Å². The monoisotopic (exact) mass is 354 g/mol. The molecule has 1 N–H and O–H groups in total. The van der Waals surface area contributed by atoms with Crippen molar-refractivity contribution in [2.75, 3.05) is 7.11 Å². The Hall–Kier alpha value is -3.09. The second-order valence-electron chi connectivity index (χ2n) is 6.28. The third-order valence-corrected chi connectivity index (χ3v) is 4.46. The van der Waals surface area contributed by atoms with Crippen LogP contribution < -0.4 is 15.6 Å². The first kappa shape index (κ1) is 17.7. The maximum absolute atomic E-state index is 12.6. The zero-order chi connectivity index (χ0) is 18.8. The Morgan fingerprint density at radius 2 is 1.96 bits per heavy atom. The highest BCUT2D eigenvalue weighted by Gasteiger charge is 2.14. The standard InChI is InChI=1S/C19H22N4O3/c1-12(14-5-7-15(26-4)8-6-14)20-17(24)11-23-10-9-16-13(2)21-22(3)18(16)19(23)25/h5-10,12H,11H2,1-4H3,(H,20,24)/t12-/m0/s1. The van der Waals surface area contributed by atoms with Crippen molar-refractivity contribution in [2.24, 2.45) is 7.05 Å². The summed E-state index contributed by atoms with van der Waals surface area (Å²) in [6.45, 7) is 3.71. The van der Waals surface area contributed by atoms with Crippen molar-refractivity contribution in [1.82, 2.24) is 19.7 Å². The number of aryl methyl sites for hydroxylation is 2. The van der Waals surface area contributed by atoms with Gasteiger partial charge in [0.25, 0.3) is 5.56 Å². The number of amides is 1. The smallest absolute Gasteiger partial charge is 0.277 e. The van der Waals surface area contributed by atoms with Crippen LogP contribution >= 0.6 is 0 Å². The first-order chi connectivity index (χ1) is 12.4. The van der Waals surface area contributed by atoms with Crippen molar-refractivity contribution in [3.05, 3.63) is 58.1 Å². The molecule has 1 amide bonds. The molecular formula is C19H22N4O3. The average molecular weight is 354 g/mol. The van der Waals surface area contributed by atoms with Gasteiger partial charge in [-0.25, -0.2) is 0 Å². The highest BCUT2D eigenvalue weighted by molar-refractivity contribution is 5.81. The number of carbonyl (C=O) groups excluding carboxylic acids is 1. The molecule has 0 unspecified atom stereocenters. The van der Waals surface area contributed by atoms with Crippen molar-refractivity contribution >= 4 is 16.8 Å². The van der Waals surface area contributed by atoms with E-state index in [1.165, 1.54) is 4.57 Å². The molecule has 26 heavy (non-hydrogen) atoms.